The third-order valence-corrected chi connectivity index (χ3v) is 4.17. The molecule has 3 aromatic rings. The van der Waals surface area contributed by atoms with Crippen LogP contribution in [0, 0.1) is 0 Å². The zero-order valence-corrected chi connectivity index (χ0v) is 15.2. The SMILES string of the molecule is C[C@H](Oc1ccc(Br)cc1C(=O)Nc1cccnc1)c1ccccc1. The van der Waals surface area contributed by atoms with E-state index in [0.29, 0.717) is 17.0 Å². The molecule has 4 nitrogen and oxygen atoms in total. The van der Waals surface area contributed by atoms with Gasteiger partial charge in [0, 0.05) is 10.7 Å². The van der Waals surface area contributed by atoms with Crippen LogP contribution in [0.3, 0.4) is 0 Å². The van der Waals surface area contributed by atoms with E-state index >= 15 is 0 Å². The normalized spacial score (nSPS) is 11.6. The van der Waals surface area contributed by atoms with Crippen molar-refractivity contribution in [3.63, 3.8) is 0 Å². The molecular weight excluding hydrogens is 380 g/mol. The highest BCUT2D eigenvalue weighted by atomic mass is 79.9. The molecule has 0 spiro atoms. The number of rotatable bonds is 5. The molecule has 1 N–H and O–H groups in total. The van der Waals surface area contributed by atoms with Crippen LogP contribution < -0.4 is 10.1 Å². The highest BCUT2D eigenvalue weighted by Crippen LogP contribution is 2.28. The first-order chi connectivity index (χ1) is 12.1. The minimum atomic E-state index is -0.246. The lowest BCUT2D eigenvalue weighted by molar-refractivity contribution is 0.102. The predicted molar refractivity (Wildman–Crippen MR) is 102 cm³/mol. The fourth-order valence-electron chi connectivity index (χ4n) is 2.40. The van der Waals surface area contributed by atoms with Crippen LogP contribution >= 0.6 is 15.9 Å². The quantitative estimate of drug-likeness (QED) is 0.641. The van der Waals surface area contributed by atoms with Crippen molar-refractivity contribution in [1.82, 2.24) is 4.98 Å². The number of pyridine rings is 1. The maximum atomic E-state index is 12.7. The summed E-state index contributed by atoms with van der Waals surface area (Å²) in [4.78, 5) is 16.7. The summed E-state index contributed by atoms with van der Waals surface area (Å²) in [6, 6.07) is 18.8. The number of aromatic nitrogens is 1. The van der Waals surface area contributed by atoms with Crippen molar-refractivity contribution in [2.24, 2.45) is 0 Å². The molecule has 25 heavy (non-hydrogen) atoms. The Morgan fingerprint density at radius 1 is 1.12 bits per heavy atom. The van der Waals surface area contributed by atoms with Gasteiger partial charge in [-0.25, -0.2) is 0 Å². The molecule has 1 aromatic heterocycles. The monoisotopic (exact) mass is 396 g/mol. The van der Waals surface area contributed by atoms with Gasteiger partial charge in [-0.15, -0.1) is 0 Å². The van der Waals surface area contributed by atoms with Gasteiger partial charge in [0.1, 0.15) is 11.9 Å². The number of amides is 1. The second kappa shape index (κ2) is 7.94. The molecule has 2 aromatic carbocycles. The van der Waals surface area contributed by atoms with Crippen LogP contribution in [0.25, 0.3) is 0 Å². The molecule has 0 aliphatic carbocycles. The molecule has 0 radical (unpaired) electrons. The molecule has 5 heteroatoms. The average Bonchev–Trinajstić information content (AvgIpc) is 2.64. The molecular formula is C20H17BrN2O2. The molecule has 126 valence electrons. The number of hydrogen-bond donors (Lipinski definition) is 1. The third kappa shape index (κ3) is 4.45. The van der Waals surface area contributed by atoms with Gasteiger partial charge >= 0.3 is 0 Å². The van der Waals surface area contributed by atoms with Gasteiger partial charge in [-0.2, -0.15) is 0 Å². The van der Waals surface area contributed by atoms with E-state index in [1.165, 1.54) is 0 Å². The Hall–Kier alpha value is -2.66. The number of nitrogens with zero attached hydrogens (tertiary/aromatic N) is 1. The van der Waals surface area contributed by atoms with Gasteiger partial charge < -0.3 is 10.1 Å². The van der Waals surface area contributed by atoms with Crippen LogP contribution in [0.5, 0.6) is 5.75 Å². The first kappa shape index (κ1) is 17.2. The van der Waals surface area contributed by atoms with Gasteiger partial charge in [0.05, 0.1) is 17.4 Å². The lowest BCUT2D eigenvalue weighted by Crippen LogP contribution is -2.15. The summed E-state index contributed by atoms with van der Waals surface area (Å²) in [5.74, 6) is 0.283. The van der Waals surface area contributed by atoms with Gasteiger partial charge in [-0.1, -0.05) is 46.3 Å². The van der Waals surface area contributed by atoms with E-state index in [2.05, 4.69) is 26.2 Å². The summed E-state index contributed by atoms with van der Waals surface area (Å²) < 4.78 is 6.86. The van der Waals surface area contributed by atoms with E-state index in [1.807, 2.05) is 43.3 Å². The maximum absolute atomic E-state index is 12.7. The fraction of sp³-hybridized carbons (Fsp3) is 0.100. The molecule has 1 amide bonds. The lowest BCUT2D eigenvalue weighted by atomic mass is 10.1. The van der Waals surface area contributed by atoms with Crippen LogP contribution in [0.2, 0.25) is 0 Å². The Morgan fingerprint density at radius 2 is 1.92 bits per heavy atom. The van der Waals surface area contributed by atoms with Crippen LogP contribution in [0.4, 0.5) is 5.69 Å². The first-order valence-corrected chi connectivity index (χ1v) is 8.65. The van der Waals surface area contributed by atoms with Crippen molar-refractivity contribution in [1.29, 1.82) is 0 Å². The van der Waals surface area contributed by atoms with Crippen molar-refractivity contribution < 1.29 is 9.53 Å². The molecule has 0 saturated carbocycles. The number of anilines is 1. The van der Waals surface area contributed by atoms with E-state index in [-0.39, 0.29) is 12.0 Å². The van der Waals surface area contributed by atoms with Crippen LogP contribution in [-0.2, 0) is 0 Å². The zero-order chi connectivity index (χ0) is 17.6. The Bertz CT molecular complexity index is 854. The van der Waals surface area contributed by atoms with Crippen molar-refractivity contribution in [3.05, 3.63) is 88.7 Å². The number of carbonyl (C=O) groups is 1. The Morgan fingerprint density at radius 3 is 2.64 bits per heavy atom. The summed E-state index contributed by atoms with van der Waals surface area (Å²) >= 11 is 3.41. The molecule has 1 heterocycles. The summed E-state index contributed by atoms with van der Waals surface area (Å²) in [6.07, 6.45) is 3.08. The number of carbonyl (C=O) groups excluding carboxylic acids is 1. The van der Waals surface area contributed by atoms with Crippen molar-refractivity contribution in [2.75, 3.05) is 5.32 Å². The van der Waals surface area contributed by atoms with Gasteiger partial charge in [0.15, 0.2) is 0 Å². The average molecular weight is 397 g/mol. The van der Waals surface area contributed by atoms with Crippen LogP contribution in [-0.4, -0.2) is 10.9 Å². The van der Waals surface area contributed by atoms with Crippen molar-refractivity contribution in [3.8, 4) is 5.75 Å². The second-order valence-electron chi connectivity index (χ2n) is 5.51. The second-order valence-corrected chi connectivity index (χ2v) is 6.42. The minimum absolute atomic E-state index is 0.174. The first-order valence-electron chi connectivity index (χ1n) is 7.86. The molecule has 0 bridgehead atoms. The number of hydrogen-bond acceptors (Lipinski definition) is 3. The summed E-state index contributed by atoms with van der Waals surface area (Å²) in [6.45, 7) is 1.96. The number of halogens is 1. The molecule has 1 atom stereocenters. The van der Waals surface area contributed by atoms with E-state index in [0.717, 1.165) is 10.0 Å². The van der Waals surface area contributed by atoms with Gasteiger partial charge in [-0.3, -0.25) is 9.78 Å². The number of ether oxygens (including phenoxy) is 1. The highest BCUT2D eigenvalue weighted by Gasteiger charge is 2.16. The Balaban J connectivity index is 1.84. The van der Waals surface area contributed by atoms with E-state index in [4.69, 9.17) is 4.74 Å². The number of nitrogens with one attached hydrogen (secondary N) is 1. The summed E-state index contributed by atoms with van der Waals surface area (Å²) in [5, 5.41) is 2.84. The molecule has 0 fully saturated rings. The lowest BCUT2D eigenvalue weighted by Gasteiger charge is -2.18. The molecule has 0 aliphatic heterocycles. The van der Waals surface area contributed by atoms with E-state index in [1.54, 1.807) is 36.7 Å². The maximum Gasteiger partial charge on any atom is 0.259 e. The topological polar surface area (TPSA) is 51.2 Å². The summed E-state index contributed by atoms with van der Waals surface area (Å²) in [7, 11) is 0. The van der Waals surface area contributed by atoms with E-state index in [9.17, 15) is 4.79 Å². The minimum Gasteiger partial charge on any atom is -0.485 e. The molecule has 0 aliphatic rings. The standard InChI is InChI=1S/C20H17BrN2O2/c1-14(15-6-3-2-4-7-15)25-19-10-9-16(21)12-18(19)20(24)23-17-8-5-11-22-13-17/h2-14H,1H3,(H,23,24)/t14-/m0/s1. The highest BCUT2D eigenvalue weighted by molar-refractivity contribution is 9.10. The predicted octanol–water partition coefficient (Wildman–Crippen LogP) is 5.24. The summed E-state index contributed by atoms with van der Waals surface area (Å²) in [5.41, 5.74) is 2.14. The third-order valence-electron chi connectivity index (χ3n) is 3.68. The van der Waals surface area contributed by atoms with Crippen LogP contribution in [0.15, 0.2) is 77.5 Å². The van der Waals surface area contributed by atoms with Crippen molar-refractivity contribution in [2.45, 2.75) is 13.0 Å². The van der Waals surface area contributed by atoms with Gasteiger partial charge in [-0.05, 0) is 42.8 Å². The largest absolute Gasteiger partial charge is 0.485 e. The smallest absolute Gasteiger partial charge is 0.259 e. The molecule has 3 rings (SSSR count). The molecule has 0 saturated heterocycles. The van der Waals surface area contributed by atoms with Gasteiger partial charge in [0.2, 0.25) is 0 Å². The van der Waals surface area contributed by atoms with Gasteiger partial charge in [0.25, 0.3) is 5.91 Å². The van der Waals surface area contributed by atoms with Crippen molar-refractivity contribution >= 4 is 27.5 Å². The van der Waals surface area contributed by atoms with Crippen LogP contribution in [0.1, 0.15) is 28.9 Å². The number of benzene rings is 2. The zero-order valence-electron chi connectivity index (χ0n) is 13.6. The molecule has 0 unspecified atom stereocenters. The fourth-order valence-corrected chi connectivity index (χ4v) is 2.76. The van der Waals surface area contributed by atoms with E-state index < -0.39 is 0 Å². The Labute approximate surface area is 155 Å². The Kier molecular flexibility index (Phi) is 5.46.